The highest BCUT2D eigenvalue weighted by atomic mass is 16.7. The molecule has 0 saturated heterocycles. The molecule has 1 amide bonds. The summed E-state index contributed by atoms with van der Waals surface area (Å²) < 4.78 is 10.3. The highest BCUT2D eigenvalue weighted by Crippen LogP contribution is 2.38. The van der Waals surface area contributed by atoms with Crippen LogP contribution in [0.3, 0.4) is 0 Å². The highest BCUT2D eigenvalue weighted by molar-refractivity contribution is 5.76. The number of nitrogens with one attached hydrogen (secondary N) is 1. The van der Waals surface area contributed by atoms with Crippen molar-refractivity contribution in [2.45, 2.75) is 13.0 Å². The second kappa shape index (κ2) is 3.78. The van der Waals surface area contributed by atoms with Gasteiger partial charge in [-0.15, -0.1) is 0 Å². The van der Waals surface area contributed by atoms with Gasteiger partial charge >= 0.3 is 0 Å². The monoisotopic (exact) mass is 209 g/mol. The van der Waals surface area contributed by atoms with Crippen LogP contribution in [0.2, 0.25) is 0 Å². The summed E-state index contributed by atoms with van der Waals surface area (Å²) in [5.74, 6) is 1.16. The molecule has 1 aliphatic rings. The van der Waals surface area contributed by atoms with E-state index in [4.69, 9.17) is 9.47 Å². The van der Waals surface area contributed by atoms with Gasteiger partial charge in [0.2, 0.25) is 13.2 Å². The molecule has 1 aromatic carbocycles. The van der Waals surface area contributed by atoms with E-state index >= 15 is 0 Å². The third kappa shape index (κ3) is 1.73. The quantitative estimate of drug-likeness (QED) is 0.730. The molecule has 0 aromatic heterocycles. The number of benzene rings is 1. The molecular formula is C10H11NO4. The van der Waals surface area contributed by atoms with Crippen LogP contribution in [0.1, 0.15) is 18.6 Å². The maximum Gasteiger partial charge on any atom is 0.231 e. The molecule has 5 nitrogen and oxygen atoms in total. The lowest BCUT2D eigenvalue weighted by molar-refractivity contribution is -0.105. The number of hydrogen-bond acceptors (Lipinski definition) is 4. The van der Waals surface area contributed by atoms with Crippen molar-refractivity contribution in [3.05, 3.63) is 17.7 Å². The van der Waals surface area contributed by atoms with Crippen LogP contribution in [0.25, 0.3) is 0 Å². The number of carbonyl (C=O) groups excluding carboxylic acids is 1. The molecule has 2 N–H and O–H groups in total. The minimum absolute atomic E-state index is 0.166. The lowest BCUT2D eigenvalue weighted by Crippen LogP contribution is -2.01. The van der Waals surface area contributed by atoms with E-state index in [0.29, 0.717) is 29.2 Å². The minimum atomic E-state index is -0.679. The van der Waals surface area contributed by atoms with Gasteiger partial charge in [-0.2, -0.15) is 0 Å². The summed E-state index contributed by atoms with van der Waals surface area (Å²) >= 11 is 0. The Morgan fingerprint density at radius 1 is 1.47 bits per heavy atom. The largest absolute Gasteiger partial charge is 0.454 e. The van der Waals surface area contributed by atoms with E-state index in [2.05, 4.69) is 5.32 Å². The summed E-state index contributed by atoms with van der Waals surface area (Å²) in [6.07, 6.45) is -0.120. The molecule has 0 bridgehead atoms. The van der Waals surface area contributed by atoms with Gasteiger partial charge in [0, 0.05) is 11.6 Å². The van der Waals surface area contributed by atoms with Crippen molar-refractivity contribution in [2.75, 3.05) is 12.1 Å². The molecule has 1 atom stereocenters. The fourth-order valence-electron chi connectivity index (χ4n) is 1.49. The summed E-state index contributed by atoms with van der Waals surface area (Å²) in [4.78, 5) is 10.4. The predicted octanol–water partition coefficient (Wildman–Crippen LogP) is 1.04. The van der Waals surface area contributed by atoms with E-state index in [1.165, 1.54) is 0 Å². The molecule has 0 radical (unpaired) electrons. The minimum Gasteiger partial charge on any atom is -0.454 e. The predicted molar refractivity (Wildman–Crippen MR) is 52.9 cm³/mol. The van der Waals surface area contributed by atoms with Crippen LogP contribution >= 0.6 is 0 Å². The van der Waals surface area contributed by atoms with Gasteiger partial charge in [-0.3, -0.25) is 4.79 Å². The number of aliphatic hydroxyl groups excluding tert-OH is 1. The normalized spacial score (nSPS) is 14.8. The van der Waals surface area contributed by atoms with Crippen LogP contribution in [0, 0.1) is 0 Å². The first kappa shape index (κ1) is 9.79. The van der Waals surface area contributed by atoms with Crippen LogP contribution in [-0.4, -0.2) is 18.3 Å². The summed E-state index contributed by atoms with van der Waals surface area (Å²) in [6.45, 7) is 1.78. The Labute approximate surface area is 86.6 Å². The molecule has 0 fully saturated rings. The Kier molecular flexibility index (Phi) is 2.47. The Hall–Kier alpha value is -1.75. The van der Waals surface area contributed by atoms with Crippen LogP contribution in [0.5, 0.6) is 11.5 Å². The first-order valence-corrected chi connectivity index (χ1v) is 4.54. The smallest absolute Gasteiger partial charge is 0.231 e. The number of aliphatic hydroxyl groups is 1. The average Bonchev–Trinajstić information content (AvgIpc) is 2.63. The number of ether oxygens (including phenoxy) is 2. The zero-order valence-corrected chi connectivity index (χ0v) is 8.19. The second-order valence-electron chi connectivity index (χ2n) is 3.23. The average molecular weight is 209 g/mol. The van der Waals surface area contributed by atoms with Gasteiger partial charge in [-0.25, -0.2) is 0 Å². The molecular weight excluding hydrogens is 198 g/mol. The third-order valence-electron chi connectivity index (χ3n) is 2.21. The summed E-state index contributed by atoms with van der Waals surface area (Å²) in [5.41, 5.74) is 1.13. The number of rotatable bonds is 3. The lowest BCUT2D eigenvalue weighted by Gasteiger charge is -2.11. The highest BCUT2D eigenvalue weighted by Gasteiger charge is 2.18. The topological polar surface area (TPSA) is 67.8 Å². The van der Waals surface area contributed by atoms with E-state index in [1.54, 1.807) is 19.1 Å². The fraction of sp³-hybridized carbons (Fsp3) is 0.300. The Bertz CT molecular complexity index is 389. The van der Waals surface area contributed by atoms with Crippen molar-refractivity contribution in [3.63, 3.8) is 0 Å². The first-order valence-electron chi connectivity index (χ1n) is 4.54. The maximum absolute atomic E-state index is 10.4. The molecule has 2 rings (SSSR count). The van der Waals surface area contributed by atoms with Gasteiger partial charge in [-0.1, -0.05) is 0 Å². The van der Waals surface area contributed by atoms with Gasteiger partial charge in [0.15, 0.2) is 11.5 Å². The number of carbonyl (C=O) groups is 1. The van der Waals surface area contributed by atoms with E-state index < -0.39 is 6.10 Å². The summed E-state index contributed by atoms with van der Waals surface area (Å²) in [5, 5.41) is 12.0. The summed E-state index contributed by atoms with van der Waals surface area (Å²) in [7, 11) is 0. The first-order chi connectivity index (χ1) is 7.22. The van der Waals surface area contributed by atoms with E-state index in [0.717, 1.165) is 0 Å². The van der Waals surface area contributed by atoms with Crippen molar-refractivity contribution < 1.29 is 19.4 Å². The van der Waals surface area contributed by atoms with Gasteiger partial charge in [-0.05, 0) is 13.0 Å². The summed E-state index contributed by atoms with van der Waals surface area (Å²) in [6, 6.07) is 3.30. The van der Waals surface area contributed by atoms with E-state index in [1.807, 2.05) is 0 Å². The van der Waals surface area contributed by atoms with Gasteiger partial charge in [0.25, 0.3) is 0 Å². The Morgan fingerprint density at radius 2 is 2.13 bits per heavy atom. The van der Waals surface area contributed by atoms with Crippen LogP contribution in [-0.2, 0) is 4.79 Å². The molecule has 0 aliphatic carbocycles. The molecule has 0 spiro atoms. The van der Waals surface area contributed by atoms with Crippen molar-refractivity contribution in [3.8, 4) is 11.5 Å². The number of fused-ring (bicyclic) bond motifs is 1. The third-order valence-corrected chi connectivity index (χ3v) is 2.21. The second-order valence-corrected chi connectivity index (χ2v) is 3.23. The van der Waals surface area contributed by atoms with Crippen molar-refractivity contribution in [1.82, 2.24) is 0 Å². The van der Waals surface area contributed by atoms with Crippen LogP contribution in [0.4, 0.5) is 5.69 Å². The number of hydrogen-bond donors (Lipinski definition) is 2. The zero-order valence-electron chi connectivity index (χ0n) is 8.19. The van der Waals surface area contributed by atoms with Gasteiger partial charge < -0.3 is 19.9 Å². The SMILES string of the molecule is CC(O)c1cc2c(cc1NC=O)OCO2. The van der Waals surface area contributed by atoms with Gasteiger partial charge in [0.1, 0.15) is 0 Å². The van der Waals surface area contributed by atoms with Crippen molar-refractivity contribution >= 4 is 12.1 Å². The van der Waals surface area contributed by atoms with E-state index in [9.17, 15) is 9.90 Å². The molecule has 80 valence electrons. The molecule has 0 saturated carbocycles. The number of amides is 1. The standard InChI is InChI=1S/C10H11NO4/c1-6(13)7-2-9-10(15-5-14-9)3-8(7)11-4-12/h2-4,6,13H,5H2,1H3,(H,11,12). The Morgan fingerprint density at radius 3 is 2.73 bits per heavy atom. The van der Waals surface area contributed by atoms with Crippen LogP contribution in [0.15, 0.2) is 12.1 Å². The molecule has 1 aromatic rings. The molecule has 5 heteroatoms. The van der Waals surface area contributed by atoms with Crippen molar-refractivity contribution in [2.24, 2.45) is 0 Å². The van der Waals surface area contributed by atoms with Gasteiger partial charge in [0.05, 0.1) is 11.8 Å². The molecule has 15 heavy (non-hydrogen) atoms. The molecule has 1 unspecified atom stereocenters. The molecule has 1 aliphatic heterocycles. The van der Waals surface area contributed by atoms with Crippen LogP contribution < -0.4 is 14.8 Å². The number of anilines is 1. The maximum atomic E-state index is 10.4. The fourth-order valence-corrected chi connectivity index (χ4v) is 1.49. The Balaban J connectivity index is 2.46. The lowest BCUT2D eigenvalue weighted by atomic mass is 10.1. The molecule has 1 heterocycles. The van der Waals surface area contributed by atoms with E-state index in [-0.39, 0.29) is 6.79 Å². The zero-order chi connectivity index (χ0) is 10.8. The van der Waals surface area contributed by atoms with Crippen molar-refractivity contribution in [1.29, 1.82) is 0 Å².